The molecule has 218 valence electrons. The number of fused-ring (bicyclic) bond motifs is 1. The summed E-state index contributed by atoms with van der Waals surface area (Å²) in [7, 11) is -3.69. The third-order valence-corrected chi connectivity index (χ3v) is 15.0. The van der Waals surface area contributed by atoms with Crippen LogP contribution in [0.1, 0.15) is 32.9 Å². The van der Waals surface area contributed by atoms with E-state index in [1.54, 1.807) is 0 Å². The van der Waals surface area contributed by atoms with E-state index in [-0.39, 0.29) is 18.1 Å². The summed E-state index contributed by atoms with van der Waals surface area (Å²) in [4.78, 5) is 26.2. The van der Waals surface area contributed by atoms with Crippen LogP contribution in [0.15, 0.2) is 82.5 Å². The maximum atomic E-state index is 16.1. The third-order valence-electron chi connectivity index (χ3n) is 8.77. The number of nitrogens with zero attached hydrogens (tertiary/aromatic N) is 2. The molecule has 3 aliphatic rings. The van der Waals surface area contributed by atoms with Crippen LogP contribution in [0.25, 0.3) is 0 Å². The summed E-state index contributed by atoms with van der Waals surface area (Å²) in [5.74, 6) is -0.0589. The third kappa shape index (κ3) is 5.42. The Labute approximate surface area is 241 Å². The van der Waals surface area contributed by atoms with Gasteiger partial charge in [0.25, 0.3) is 14.1 Å². The first-order chi connectivity index (χ1) is 19.8. The molecular weight excluding hydrogens is 560 g/mol. The minimum Gasteiger partial charge on any atom is -0.348 e. The van der Waals surface area contributed by atoms with Crippen molar-refractivity contribution >= 4 is 27.0 Å². The molecule has 1 N–H and O–H groups in total. The SMILES string of the molecule is CC(C)[C@H]1O[C@@H](n2ccc(=O)[nH]c2=O)[C@@H](F)C1OP1O[C@H](C[Si](C)(c2ccccc2)c2ccccc2)[C@@H]2CCCN21. The van der Waals surface area contributed by atoms with Crippen molar-refractivity contribution in [1.29, 1.82) is 0 Å². The fourth-order valence-corrected chi connectivity index (χ4v) is 12.5. The monoisotopic (exact) mass is 597 g/mol. The van der Waals surface area contributed by atoms with Crippen molar-refractivity contribution in [1.82, 2.24) is 14.2 Å². The lowest BCUT2D eigenvalue weighted by molar-refractivity contribution is -0.0449. The molecule has 0 radical (unpaired) electrons. The highest BCUT2D eigenvalue weighted by atomic mass is 31.2. The van der Waals surface area contributed by atoms with Gasteiger partial charge >= 0.3 is 5.69 Å². The molecule has 0 amide bonds. The number of ether oxygens (including phenoxy) is 1. The van der Waals surface area contributed by atoms with Gasteiger partial charge in [0.1, 0.15) is 14.2 Å². The van der Waals surface area contributed by atoms with Crippen LogP contribution < -0.4 is 21.6 Å². The average Bonchev–Trinajstić information content (AvgIpc) is 3.66. The molecule has 3 saturated heterocycles. The molecule has 0 bridgehead atoms. The smallest absolute Gasteiger partial charge is 0.330 e. The van der Waals surface area contributed by atoms with Crippen molar-refractivity contribution in [2.45, 2.75) is 76.0 Å². The van der Waals surface area contributed by atoms with Gasteiger partial charge in [-0.2, -0.15) is 0 Å². The van der Waals surface area contributed by atoms with Crippen LogP contribution in [0.3, 0.4) is 0 Å². The number of aromatic amines is 1. The van der Waals surface area contributed by atoms with E-state index in [4.69, 9.17) is 13.8 Å². The molecule has 0 saturated carbocycles. The van der Waals surface area contributed by atoms with Gasteiger partial charge in [0, 0.05) is 24.8 Å². The highest BCUT2D eigenvalue weighted by molar-refractivity contribution is 7.45. The van der Waals surface area contributed by atoms with Gasteiger partial charge < -0.3 is 13.8 Å². The summed E-state index contributed by atoms with van der Waals surface area (Å²) in [5, 5.41) is 2.72. The number of rotatable bonds is 8. The average molecular weight is 598 g/mol. The number of nitrogens with one attached hydrogen (secondary N) is 1. The van der Waals surface area contributed by atoms with E-state index in [0.29, 0.717) is 0 Å². The summed E-state index contributed by atoms with van der Waals surface area (Å²) in [6, 6.07) is 23.8. The van der Waals surface area contributed by atoms with Gasteiger partial charge in [-0.1, -0.05) is 91.4 Å². The highest BCUT2D eigenvalue weighted by Gasteiger charge is 2.55. The predicted octanol–water partition coefficient (Wildman–Crippen LogP) is 3.80. The molecular formula is C30H37FN3O5PSi. The molecule has 0 spiro atoms. The molecule has 2 aromatic carbocycles. The zero-order valence-corrected chi connectivity index (χ0v) is 25.5. The van der Waals surface area contributed by atoms with Gasteiger partial charge in [0.15, 0.2) is 12.4 Å². The van der Waals surface area contributed by atoms with Crippen LogP contribution in [-0.2, 0) is 13.8 Å². The quantitative estimate of drug-likeness (QED) is 0.314. The second kappa shape index (κ2) is 11.7. The number of halogens is 1. The standard InChI is InChI=1S/C30H37FN3O5PSi/c1-20(2)27-28(26(31)29(37-27)33-18-16-25(35)32-30(33)36)39-40-34-17-10-15-23(34)24(38-40)19-41(3,21-11-6-4-7-12-21)22-13-8-5-9-14-22/h4-9,11-14,16,18,20,23-24,26-29H,10,15,17,19H2,1-3H3,(H,32,35,36)/t23-,24+,26-,27+,28?,29+,40?/m0/s1. The zero-order valence-electron chi connectivity index (χ0n) is 23.6. The molecule has 4 heterocycles. The van der Waals surface area contributed by atoms with E-state index in [0.717, 1.165) is 30.0 Å². The Hall–Kier alpha value is -2.46. The lowest BCUT2D eigenvalue weighted by Crippen LogP contribution is -2.58. The first kappa shape index (κ1) is 28.6. The summed E-state index contributed by atoms with van der Waals surface area (Å²) < 4.78 is 38.9. The molecule has 0 aliphatic carbocycles. The molecule has 3 fully saturated rings. The van der Waals surface area contributed by atoms with Crippen LogP contribution in [0.4, 0.5) is 4.39 Å². The Balaban J connectivity index is 1.26. The van der Waals surface area contributed by atoms with Gasteiger partial charge in [0.05, 0.1) is 12.2 Å². The van der Waals surface area contributed by atoms with Crippen molar-refractivity contribution in [3.63, 3.8) is 0 Å². The fourth-order valence-electron chi connectivity index (χ4n) is 6.54. The van der Waals surface area contributed by atoms with E-state index < -0.39 is 52.5 Å². The zero-order chi connectivity index (χ0) is 28.7. The van der Waals surface area contributed by atoms with E-state index >= 15 is 4.39 Å². The van der Waals surface area contributed by atoms with Crippen LogP contribution in [-0.4, -0.2) is 59.4 Å². The molecule has 6 rings (SSSR count). The molecule has 3 aromatic rings. The highest BCUT2D eigenvalue weighted by Crippen LogP contribution is 2.59. The maximum absolute atomic E-state index is 16.1. The summed E-state index contributed by atoms with van der Waals surface area (Å²) >= 11 is 0. The van der Waals surface area contributed by atoms with Crippen LogP contribution in [0, 0.1) is 5.92 Å². The van der Waals surface area contributed by atoms with Crippen LogP contribution >= 0.6 is 8.53 Å². The van der Waals surface area contributed by atoms with Gasteiger partial charge in [0.2, 0.25) is 0 Å². The molecule has 8 nitrogen and oxygen atoms in total. The Kier molecular flexibility index (Phi) is 8.15. The van der Waals surface area contributed by atoms with Crippen molar-refractivity contribution in [2.24, 2.45) is 5.92 Å². The van der Waals surface area contributed by atoms with Crippen molar-refractivity contribution in [3.05, 3.63) is 93.8 Å². The number of aromatic nitrogens is 2. The normalized spacial score (nSPS) is 30.2. The van der Waals surface area contributed by atoms with Gasteiger partial charge in [-0.3, -0.25) is 14.3 Å². The van der Waals surface area contributed by atoms with Crippen LogP contribution in [0.2, 0.25) is 12.6 Å². The van der Waals surface area contributed by atoms with E-state index in [1.807, 2.05) is 13.8 Å². The van der Waals surface area contributed by atoms with Crippen LogP contribution in [0.5, 0.6) is 0 Å². The van der Waals surface area contributed by atoms with E-state index in [1.165, 1.54) is 22.6 Å². The molecule has 41 heavy (non-hydrogen) atoms. The molecule has 1 aromatic heterocycles. The Morgan fingerprint density at radius 1 is 1.07 bits per heavy atom. The Morgan fingerprint density at radius 2 is 1.73 bits per heavy atom. The van der Waals surface area contributed by atoms with E-state index in [9.17, 15) is 9.59 Å². The topological polar surface area (TPSA) is 85.8 Å². The number of hydrogen-bond donors (Lipinski definition) is 1. The minimum atomic E-state index is -2.17. The number of hydrogen-bond acceptors (Lipinski definition) is 6. The lowest BCUT2D eigenvalue weighted by Gasteiger charge is -2.32. The molecule has 7 atom stereocenters. The summed E-state index contributed by atoms with van der Waals surface area (Å²) in [5.41, 5.74) is -1.25. The number of benzene rings is 2. The first-order valence-corrected chi connectivity index (χ1v) is 18.2. The van der Waals surface area contributed by atoms with Gasteiger partial charge in [-0.15, -0.1) is 0 Å². The predicted molar refractivity (Wildman–Crippen MR) is 160 cm³/mol. The second-order valence-electron chi connectivity index (χ2n) is 11.8. The number of H-pyrrole nitrogens is 1. The van der Waals surface area contributed by atoms with Gasteiger partial charge in [-0.05, 0) is 24.8 Å². The Bertz CT molecular complexity index is 1420. The van der Waals surface area contributed by atoms with E-state index in [2.05, 4.69) is 76.9 Å². The largest absolute Gasteiger partial charge is 0.348 e. The van der Waals surface area contributed by atoms with Crippen molar-refractivity contribution < 1.29 is 18.2 Å². The minimum absolute atomic E-state index is 0.0313. The van der Waals surface area contributed by atoms with Gasteiger partial charge in [-0.25, -0.2) is 13.9 Å². The number of alkyl halides is 1. The Morgan fingerprint density at radius 3 is 2.34 bits per heavy atom. The maximum Gasteiger partial charge on any atom is 0.330 e. The van der Waals surface area contributed by atoms with Crippen molar-refractivity contribution in [3.8, 4) is 0 Å². The molecule has 11 heteroatoms. The lowest BCUT2D eigenvalue weighted by atomic mass is 10.0. The first-order valence-electron chi connectivity index (χ1n) is 14.4. The summed E-state index contributed by atoms with van der Waals surface area (Å²) in [6.45, 7) is 7.16. The molecule has 2 unspecified atom stereocenters. The van der Waals surface area contributed by atoms with Crippen molar-refractivity contribution in [2.75, 3.05) is 6.54 Å². The second-order valence-corrected chi connectivity index (χ2v) is 17.4. The fraction of sp³-hybridized carbons (Fsp3) is 0.467. The molecule has 3 aliphatic heterocycles. The summed E-state index contributed by atoms with van der Waals surface area (Å²) in [6.07, 6.45) is -0.964.